The van der Waals surface area contributed by atoms with Gasteiger partial charge in [-0.2, -0.15) is 0 Å². The van der Waals surface area contributed by atoms with Crippen LogP contribution in [-0.2, 0) is 6.42 Å². The van der Waals surface area contributed by atoms with E-state index >= 15 is 0 Å². The molecule has 0 atom stereocenters. The van der Waals surface area contributed by atoms with Crippen molar-refractivity contribution in [2.75, 3.05) is 43.5 Å². The minimum absolute atomic E-state index is 0.100. The number of benzene rings is 1. The Morgan fingerprint density at radius 2 is 1.72 bits per heavy atom. The molecular weight excluding hydrogens is 364 g/mol. The van der Waals surface area contributed by atoms with Gasteiger partial charge in [-0.15, -0.1) is 0 Å². The van der Waals surface area contributed by atoms with Crippen molar-refractivity contribution in [1.29, 1.82) is 0 Å². The third kappa shape index (κ3) is 5.00. The number of ether oxygens (including phenoxy) is 1. The van der Waals surface area contributed by atoms with Crippen LogP contribution in [0.3, 0.4) is 0 Å². The summed E-state index contributed by atoms with van der Waals surface area (Å²) >= 11 is 0. The lowest BCUT2D eigenvalue weighted by Crippen LogP contribution is -2.50. The molecule has 0 bridgehead atoms. The monoisotopic (exact) mass is 396 g/mol. The number of carbonyl (C=O) groups is 1. The Kier molecular flexibility index (Phi) is 6.62. The first-order valence-electron chi connectivity index (χ1n) is 10.3. The van der Waals surface area contributed by atoms with Crippen LogP contribution in [0, 0.1) is 20.8 Å². The van der Waals surface area contributed by atoms with Gasteiger partial charge in [0.05, 0.1) is 7.11 Å². The molecule has 156 valence electrons. The van der Waals surface area contributed by atoms with Crippen LogP contribution in [0.15, 0.2) is 24.3 Å². The number of urea groups is 1. The van der Waals surface area contributed by atoms with E-state index in [9.17, 15) is 4.79 Å². The normalized spacial score (nSPS) is 14.1. The summed E-state index contributed by atoms with van der Waals surface area (Å²) in [5.74, 6) is 0.463. The second-order valence-corrected chi connectivity index (χ2v) is 7.79. The van der Waals surface area contributed by atoms with Gasteiger partial charge < -0.3 is 19.9 Å². The summed E-state index contributed by atoms with van der Waals surface area (Å²) in [6.45, 7) is 11.4. The zero-order valence-corrected chi connectivity index (χ0v) is 18.2. The van der Waals surface area contributed by atoms with Gasteiger partial charge in [-0.25, -0.2) is 9.78 Å². The second kappa shape index (κ2) is 9.16. The molecule has 29 heavy (non-hydrogen) atoms. The third-order valence-electron chi connectivity index (χ3n) is 5.38. The lowest BCUT2D eigenvalue weighted by molar-refractivity contribution is 0.208. The number of carbonyl (C=O) groups excluding carboxylic acids is 1. The standard InChI is InChI=1S/C23H32N4O2/c1-6-7-19-15-21(22(29-5)24-18(19)4)25-23(28)27-10-8-26(9-11-27)20-13-16(2)12-17(3)14-20/h12-15H,6-11H2,1-5H3,(H,25,28). The van der Waals surface area contributed by atoms with Gasteiger partial charge in [-0.3, -0.25) is 0 Å². The maximum absolute atomic E-state index is 12.9. The SMILES string of the molecule is CCCc1cc(NC(=O)N2CCN(c3cc(C)cc(C)c3)CC2)c(OC)nc1C. The van der Waals surface area contributed by atoms with Gasteiger partial charge in [-0.1, -0.05) is 19.4 Å². The van der Waals surface area contributed by atoms with Crippen molar-refractivity contribution in [1.82, 2.24) is 9.88 Å². The van der Waals surface area contributed by atoms with E-state index in [1.54, 1.807) is 7.11 Å². The first-order valence-corrected chi connectivity index (χ1v) is 10.3. The molecule has 1 saturated heterocycles. The van der Waals surface area contributed by atoms with E-state index in [4.69, 9.17) is 4.74 Å². The molecule has 2 aromatic rings. The Morgan fingerprint density at radius 3 is 2.31 bits per heavy atom. The van der Waals surface area contributed by atoms with Gasteiger partial charge in [0.2, 0.25) is 5.88 Å². The Balaban J connectivity index is 1.66. The fourth-order valence-electron chi connectivity index (χ4n) is 3.89. The molecule has 1 aromatic heterocycles. The Bertz CT molecular complexity index is 853. The number of anilines is 2. The molecule has 0 aliphatic carbocycles. The number of aromatic nitrogens is 1. The highest BCUT2D eigenvalue weighted by Crippen LogP contribution is 2.26. The molecule has 0 radical (unpaired) electrons. The maximum Gasteiger partial charge on any atom is 0.322 e. The van der Waals surface area contributed by atoms with Gasteiger partial charge in [0.15, 0.2) is 0 Å². The Labute approximate surface area is 173 Å². The summed E-state index contributed by atoms with van der Waals surface area (Å²) in [7, 11) is 1.58. The lowest BCUT2D eigenvalue weighted by atomic mass is 10.1. The van der Waals surface area contributed by atoms with Gasteiger partial charge in [0, 0.05) is 37.6 Å². The predicted molar refractivity (Wildman–Crippen MR) is 118 cm³/mol. The van der Waals surface area contributed by atoms with Crippen molar-refractivity contribution >= 4 is 17.4 Å². The average molecular weight is 397 g/mol. The van der Waals surface area contributed by atoms with E-state index in [2.05, 4.69) is 54.2 Å². The number of rotatable bonds is 5. The molecule has 1 aliphatic heterocycles. The third-order valence-corrected chi connectivity index (χ3v) is 5.38. The van der Waals surface area contributed by atoms with E-state index in [0.29, 0.717) is 24.7 Å². The number of methoxy groups -OCH3 is 1. The lowest BCUT2D eigenvalue weighted by Gasteiger charge is -2.36. The molecule has 2 heterocycles. The second-order valence-electron chi connectivity index (χ2n) is 7.79. The van der Waals surface area contributed by atoms with Crippen LogP contribution in [0.25, 0.3) is 0 Å². The fraction of sp³-hybridized carbons (Fsp3) is 0.478. The van der Waals surface area contributed by atoms with Crippen LogP contribution in [0.2, 0.25) is 0 Å². The van der Waals surface area contributed by atoms with Gasteiger partial charge >= 0.3 is 6.03 Å². The minimum Gasteiger partial charge on any atom is -0.480 e. The van der Waals surface area contributed by atoms with Crippen molar-refractivity contribution in [3.8, 4) is 5.88 Å². The Morgan fingerprint density at radius 1 is 1.07 bits per heavy atom. The van der Waals surface area contributed by atoms with E-state index in [1.165, 1.54) is 16.8 Å². The number of amides is 2. The van der Waals surface area contributed by atoms with Crippen LogP contribution in [0.5, 0.6) is 5.88 Å². The highest BCUT2D eigenvalue weighted by molar-refractivity contribution is 5.91. The van der Waals surface area contributed by atoms with Gasteiger partial charge in [0.1, 0.15) is 5.69 Å². The van der Waals surface area contributed by atoms with E-state index in [-0.39, 0.29) is 6.03 Å². The van der Waals surface area contributed by atoms with Crippen LogP contribution in [0.4, 0.5) is 16.2 Å². The van der Waals surface area contributed by atoms with Crippen molar-refractivity contribution in [2.45, 2.75) is 40.5 Å². The number of aryl methyl sites for hydroxylation is 4. The van der Waals surface area contributed by atoms with Crippen LogP contribution in [0.1, 0.15) is 35.7 Å². The molecular formula is C23H32N4O2. The molecule has 1 aromatic carbocycles. The van der Waals surface area contributed by atoms with Crippen LogP contribution >= 0.6 is 0 Å². The number of hydrogen-bond acceptors (Lipinski definition) is 4. The number of pyridine rings is 1. The smallest absolute Gasteiger partial charge is 0.322 e. The first-order chi connectivity index (χ1) is 13.9. The number of nitrogens with one attached hydrogen (secondary N) is 1. The Hall–Kier alpha value is -2.76. The van der Waals surface area contributed by atoms with Gasteiger partial charge in [-0.05, 0) is 62.1 Å². The molecule has 3 rings (SSSR count). The number of piperazine rings is 1. The molecule has 2 amide bonds. The summed E-state index contributed by atoms with van der Waals surface area (Å²) < 4.78 is 5.39. The van der Waals surface area contributed by atoms with E-state index < -0.39 is 0 Å². The quantitative estimate of drug-likeness (QED) is 0.818. The molecule has 1 fully saturated rings. The molecule has 0 spiro atoms. The fourth-order valence-corrected chi connectivity index (χ4v) is 3.89. The zero-order chi connectivity index (χ0) is 21.0. The molecule has 6 heteroatoms. The number of nitrogens with zero attached hydrogens (tertiary/aromatic N) is 3. The summed E-state index contributed by atoms with van der Waals surface area (Å²) in [6.07, 6.45) is 1.96. The minimum atomic E-state index is -0.100. The highest BCUT2D eigenvalue weighted by atomic mass is 16.5. The summed E-state index contributed by atoms with van der Waals surface area (Å²) in [5, 5.41) is 3.01. The average Bonchev–Trinajstić information content (AvgIpc) is 2.69. The maximum atomic E-state index is 12.9. The first kappa shape index (κ1) is 21.0. The molecule has 6 nitrogen and oxygen atoms in total. The van der Waals surface area contributed by atoms with Crippen molar-refractivity contribution in [3.63, 3.8) is 0 Å². The molecule has 0 unspecified atom stereocenters. The largest absolute Gasteiger partial charge is 0.480 e. The highest BCUT2D eigenvalue weighted by Gasteiger charge is 2.23. The predicted octanol–water partition coefficient (Wildman–Crippen LogP) is 4.32. The van der Waals surface area contributed by atoms with Crippen LogP contribution in [-0.4, -0.2) is 49.2 Å². The summed E-state index contributed by atoms with van der Waals surface area (Å²) in [6, 6.07) is 8.50. The molecule has 1 aliphatic rings. The zero-order valence-electron chi connectivity index (χ0n) is 18.2. The van der Waals surface area contributed by atoms with E-state index in [1.807, 2.05) is 17.9 Å². The van der Waals surface area contributed by atoms with E-state index in [0.717, 1.165) is 37.2 Å². The van der Waals surface area contributed by atoms with Crippen molar-refractivity contribution < 1.29 is 9.53 Å². The molecule has 1 N–H and O–H groups in total. The van der Waals surface area contributed by atoms with Crippen molar-refractivity contribution in [3.05, 3.63) is 46.6 Å². The summed E-state index contributed by atoms with van der Waals surface area (Å²) in [5.41, 5.74) is 6.50. The topological polar surface area (TPSA) is 57.7 Å². The summed E-state index contributed by atoms with van der Waals surface area (Å²) in [4.78, 5) is 21.6. The molecule has 0 saturated carbocycles. The number of hydrogen-bond donors (Lipinski definition) is 1. The van der Waals surface area contributed by atoms with Crippen LogP contribution < -0.4 is 15.0 Å². The van der Waals surface area contributed by atoms with Crippen molar-refractivity contribution in [2.24, 2.45) is 0 Å². The van der Waals surface area contributed by atoms with Gasteiger partial charge in [0.25, 0.3) is 0 Å².